The molecule has 1 heterocycles. The maximum atomic E-state index is 9.80. The highest BCUT2D eigenvalue weighted by molar-refractivity contribution is 9.09. The zero-order chi connectivity index (χ0) is 11.4. The van der Waals surface area contributed by atoms with Gasteiger partial charge in [0.25, 0.3) is 0 Å². The summed E-state index contributed by atoms with van der Waals surface area (Å²) in [7, 11) is 0. The molecule has 0 amide bonds. The second-order valence-electron chi connectivity index (χ2n) is 4.49. The van der Waals surface area contributed by atoms with Gasteiger partial charge in [-0.05, 0) is 12.0 Å². The number of alkyl halides is 1. The molecule has 88 valence electrons. The molecule has 0 aromatic heterocycles. The van der Waals surface area contributed by atoms with Gasteiger partial charge in [-0.1, -0.05) is 46.3 Å². The Hall–Kier alpha value is -0.380. The third-order valence-corrected chi connectivity index (χ3v) is 4.06. The van der Waals surface area contributed by atoms with Crippen molar-refractivity contribution >= 4 is 15.9 Å². The topological polar surface area (TPSA) is 23.5 Å². The van der Waals surface area contributed by atoms with E-state index in [4.69, 9.17) is 0 Å². The minimum Gasteiger partial charge on any atom is -0.393 e. The summed E-state index contributed by atoms with van der Waals surface area (Å²) in [5.74, 6) is 0.373. The molecule has 1 saturated heterocycles. The monoisotopic (exact) mass is 283 g/mol. The van der Waals surface area contributed by atoms with E-state index in [-0.39, 0.29) is 6.10 Å². The molecule has 16 heavy (non-hydrogen) atoms. The predicted octanol–water partition coefficient (Wildman–Crippen LogP) is 2.26. The summed E-state index contributed by atoms with van der Waals surface area (Å²) in [6.07, 6.45) is 0.759. The van der Waals surface area contributed by atoms with Gasteiger partial charge in [-0.15, -0.1) is 0 Å². The lowest BCUT2D eigenvalue weighted by Crippen LogP contribution is -2.43. The van der Waals surface area contributed by atoms with E-state index in [0.717, 1.165) is 31.4 Å². The van der Waals surface area contributed by atoms with Gasteiger partial charge in [-0.25, -0.2) is 0 Å². The van der Waals surface area contributed by atoms with Gasteiger partial charge in [0, 0.05) is 30.9 Å². The van der Waals surface area contributed by atoms with Crippen molar-refractivity contribution in [1.82, 2.24) is 4.90 Å². The second-order valence-corrected chi connectivity index (χ2v) is 5.14. The zero-order valence-corrected chi connectivity index (χ0v) is 10.9. The lowest BCUT2D eigenvalue weighted by molar-refractivity contribution is 0.0346. The molecule has 0 radical (unpaired) electrons. The van der Waals surface area contributed by atoms with Crippen LogP contribution >= 0.6 is 15.9 Å². The molecule has 2 atom stereocenters. The van der Waals surface area contributed by atoms with Crippen LogP contribution in [0, 0.1) is 5.92 Å². The quantitative estimate of drug-likeness (QED) is 0.861. The van der Waals surface area contributed by atoms with E-state index >= 15 is 0 Å². The number of hydrogen-bond acceptors (Lipinski definition) is 2. The van der Waals surface area contributed by atoms with Crippen molar-refractivity contribution in [2.24, 2.45) is 5.92 Å². The smallest absolute Gasteiger partial charge is 0.0600 e. The number of aliphatic hydroxyl groups excluding tert-OH is 1. The molecule has 2 nitrogen and oxygen atoms in total. The molecule has 1 aromatic carbocycles. The predicted molar refractivity (Wildman–Crippen MR) is 69.6 cm³/mol. The average molecular weight is 284 g/mol. The minimum absolute atomic E-state index is 0.133. The van der Waals surface area contributed by atoms with Crippen LogP contribution < -0.4 is 0 Å². The first-order valence-electron chi connectivity index (χ1n) is 5.80. The van der Waals surface area contributed by atoms with Crippen molar-refractivity contribution in [2.45, 2.75) is 19.1 Å². The Morgan fingerprint density at radius 1 is 1.31 bits per heavy atom. The summed E-state index contributed by atoms with van der Waals surface area (Å²) in [4.78, 5) is 2.42. The number of piperidine rings is 1. The highest BCUT2D eigenvalue weighted by atomic mass is 79.9. The SMILES string of the molecule is O[C@H]1CCN(Cc2ccccc2)C[C@H]1CBr. The van der Waals surface area contributed by atoms with Crippen LogP contribution in [0.1, 0.15) is 12.0 Å². The Morgan fingerprint density at radius 3 is 2.75 bits per heavy atom. The van der Waals surface area contributed by atoms with E-state index in [9.17, 15) is 5.11 Å². The Kier molecular flexibility index (Phi) is 4.38. The van der Waals surface area contributed by atoms with Gasteiger partial charge >= 0.3 is 0 Å². The molecule has 3 heteroatoms. The summed E-state index contributed by atoms with van der Waals surface area (Å²) in [6, 6.07) is 10.5. The maximum absolute atomic E-state index is 9.80. The number of benzene rings is 1. The second kappa shape index (κ2) is 5.80. The van der Waals surface area contributed by atoms with Crippen molar-refractivity contribution in [2.75, 3.05) is 18.4 Å². The number of aliphatic hydroxyl groups is 1. The zero-order valence-electron chi connectivity index (χ0n) is 9.35. The molecule has 1 aliphatic rings. The molecule has 2 rings (SSSR count). The molecule has 1 fully saturated rings. The largest absolute Gasteiger partial charge is 0.393 e. The van der Waals surface area contributed by atoms with Gasteiger partial charge in [-0.2, -0.15) is 0 Å². The first-order valence-corrected chi connectivity index (χ1v) is 6.92. The maximum Gasteiger partial charge on any atom is 0.0600 e. The van der Waals surface area contributed by atoms with Gasteiger partial charge in [0.1, 0.15) is 0 Å². The average Bonchev–Trinajstić information content (AvgIpc) is 2.33. The normalized spacial score (nSPS) is 26.9. The number of halogens is 1. The van der Waals surface area contributed by atoms with Gasteiger partial charge in [-0.3, -0.25) is 4.90 Å². The molecule has 0 saturated carbocycles. The van der Waals surface area contributed by atoms with Crippen LogP contribution in [0.5, 0.6) is 0 Å². The van der Waals surface area contributed by atoms with Gasteiger partial charge < -0.3 is 5.11 Å². The van der Waals surface area contributed by atoms with Gasteiger partial charge in [0.2, 0.25) is 0 Å². The summed E-state index contributed by atoms with van der Waals surface area (Å²) in [5, 5.41) is 10.7. The first-order chi connectivity index (χ1) is 7.79. The fourth-order valence-corrected chi connectivity index (χ4v) is 2.87. The lowest BCUT2D eigenvalue weighted by Gasteiger charge is -2.35. The molecule has 0 unspecified atom stereocenters. The van der Waals surface area contributed by atoms with Crippen LogP contribution in [-0.4, -0.2) is 34.5 Å². The Bertz CT molecular complexity index is 317. The molecular formula is C13H18BrNO. The minimum atomic E-state index is -0.133. The Labute approximate surface area is 105 Å². The molecule has 1 aromatic rings. The fraction of sp³-hybridized carbons (Fsp3) is 0.538. The van der Waals surface area contributed by atoms with Crippen LogP contribution in [0.2, 0.25) is 0 Å². The van der Waals surface area contributed by atoms with E-state index in [2.05, 4.69) is 45.1 Å². The number of hydrogen-bond donors (Lipinski definition) is 1. The first kappa shape index (κ1) is 12.1. The highest BCUT2D eigenvalue weighted by Crippen LogP contribution is 2.20. The van der Waals surface area contributed by atoms with Gasteiger partial charge in [0.05, 0.1) is 6.10 Å². The standard InChI is InChI=1S/C13H18BrNO/c14-8-12-10-15(7-6-13(12)16)9-11-4-2-1-3-5-11/h1-5,12-13,16H,6-10H2/t12-,13+/m1/s1. The van der Waals surface area contributed by atoms with Crippen molar-refractivity contribution in [3.8, 4) is 0 Å². The van der Waals surface area contributed by atoms with E-state index in [1.54, 1.807) is 0 Å². The lowest BCUT2D eigenvalue weighted by atomic mass is 9.96. The fourth-order valence-electron chi connectivity index (χ4n) is 2.23. The van der Waals surface area contributed by atoms with Crippen molar-refractivity contribution in [3.63, 3.8) is 0 Å². The van der Waals surface area contributed by atoms with Crippen molar-refractivity contribution in [3.05, 3.63) is 35.9 Å². The number of likely N-dealkylation sites (tertiary alicyclic amines) is 1. The molecule has 0 aliphatic carbocycles. The Morgan fingerprint density at radius 2 is 2.06 bits per heavy atom. The molecular weight excluding hydrogens is 266 g/mol. The number of rotatable bonds is 3. The van der Waals surface area contributed by atoms with Gasteiger partial charge in [0.15, 0.2) is 0 Å². The molecule has 1 N–H and O–H groups in total. The van der Waals surface area contributed by atoms with Crippen LogP contribution in [0.3, 0.4) is 0 Å². The van der Waals surface area contributed by atoms with Crippen molar-refractivity contribution < 1.29 is 5.11 Å². The Balaban J connectivity index is 1.92. The van der Waals surface area contributed by atoms with Crippen LogP contribution in [0.25, 0.3) is 0 Å². The van der Waals surface area contributed by atoms with E-state index in [1.807, 2.05) is 6.07 Å². The van der Waals surface area contributed by atoms with Crippen LogP contribution in [0.15, 0.2) is 30.3 Å². The van der Waals surface area contributed by atoms with Crippen molar-refractivity contribution in [1.29, 1.82) is 0 Å². The third kappa shape index (κ3) is 3.06. The van der Waals surface area contributed by atoms with E-state index < -0.39 is 0 Å². The molecule has 0 bridgehead atoms. The summed E-state index contributed by atoms with van der Waals surface area (Å²) in [6.45, 7) is 2.98. The molecule has 1 aliphatic heterocycles. The van der Waals surface area contributed by atoms with E-state index in [1.165, 1.54) is 5.56 Å². The summed E-state index contributed by atoms with van der Waals surface area (Å²) < 4.78 is 0. The van der Waals surface area contributed by atoms with Crippen LogP contribution in [0.4, 0.5) is 0 Å². The van der Waals surface area contributed by atoms with Crippen LogP contribution in [-0.2, 0) is 6.54 Å². The summed E-state index contributed by atoms with van der Waals surface area (Å²) >= 11 is 3.48. The number of nitrogens with zero attached hydrogens (tertiary/aromatic N) is 1. The van der Waals surface area contributed by atoms with E-state index in [0.29, 0.717) is 5.92 Å². The molecule has 0 spiro atoms. The summed E-state index contributed by atoms with van der Waals surface area (Å²) in [5.41, 5.74) is 1.35. The third-order valence-electron chi connectivity index (χ3n) is 3.23. The highest BCUT2D eigenvalue weighted by Gasteiger charge is 2.26.